The number of amides is 1. The van der Waals surface area contributed by atoms with Crippen molar-refractivity contribution < 1.29 is 28.8 Å². The van der Waals surface area contributed by atoms with Gasteiger partial charge in [0.25, 0.3) is 0 Å². The zero-order valence-electron chi connectivity index (χ0n) is 28.4. The predicted octanol–water partition coefficient (Wildman–Crippen LogP) is 5.76. The maximum absolute atomic E-state index is 13.2. The number of ether oxygens (including phenoxy) is 4. The second-order valence-electron chi connectivity index (χ2n) is 11.7. The van der Waals surface area contributed by atoms with Crippen LogP contribution in [0.3, 0.4) is 0 Å². The molecule has 254 valence electrons. The number of hydrogen-bond donors (Lipinski definition) is 2. The molecule has 4 aromatic rings. The number of likely N-dealkylation sites (N-methyl/N-ethyl adjacent to an activating group) is 1. The van der Waals surface area contributed by atoms with E-state index in [2.05, 4.69) is 32.1 Å². The largest absolute Gasteiger partial charge is 0.497 e. The van der Waals surface area contributed by atoms with Gasteiger partial charge in [-0.3, -0.25) is 4.90 Å². The number of aryl methyl sites for hydroxylation is 2. The highest BCUT2D eigenvalue weighted by molar-refractivity contribution is 5.87. The smallest absolute Gasteiger partial charge is 0.413 e. The quantitative estimate of drug-likeness (QED) is 0.183. The molecule has 1 saturated heterocycles. The highest BCUT2D eigenvalue weighted by Crippen LogP contribution is 2.41. The summed E-state index contributed by atoms with van der Waals surface area (Å²) in [6.45, 7) is 9.46. The number of anilines is 3. The predicted molar refractivity (Wildman–Crippen MR) is 186 cm³/mol. The van der Waals surface area contributed by atoms with E-state index in [1.807, 2.05) is 44.2 Å². The molecule has 5 rings (SSSR count). The van der Waals surface area contributed by atoms with Crippen LogP contribution in [0.4, 0.5) is 22.2 Å². The summed E-state index contributed by atoms with van der Waals surface area (Å²) in [6.07, 6.45) is 0.329. The van der Waals surface area contributed by atoms with E-state index in [4.69, 9.17) is 18.9 Å². The van der Waals surface area contributed by atoms with Crippen LogP contribution < -0.4 is 29.2 Å². The van der Waals surface area contributed by atoms with Gasteiger partial charge in [0.05, 0.1) is 27.4 Å². The third-order valence-corrected chi connectivity index (χ3v) is 8.58. The van der Waals surface area contributed by atoms with Crippen LogP contribution in [0.5, 0.6) is 23.0 Å². The molecule has 1 unspecified atom stereocenters. The standard InChI is InChI=1S/C36H44N6O6/c1-24-8-7-9-25(2)33(24)34(28-23-27(45-4)11-13-29(28)46-5)42(36(43)44)32-14-15-37-35(39-32)38-26-10-12-30(31(22-26)47-6)48-21-20-41-18-16-40(3)17-19-41/h7-15,22-23,34H,16-21H2,1-6H3,(H,43,44)(H,37,38,39). The van der Waals surface area contributed by atoms with E-state index in [1.54, 1.807) is 51.7 Å². The van der Waals surface area contributed by atoms with Gasteiger partial charge < -0.3 is 34.3 Å². The van der Waals surface area contributed by atoms with Crippen LogP contribution in [0.1, 0.15) is 28.3 Å². The average Bonchev–Trinajstić information content (AvgIpc) is 3.08. The Morgan fingerprint density at radius 1 is 0.917 bits per heavy atom. The Bertz CT molecular complexity index is 1690. The first-order valence-electron chi connectivity index (χ1n) is 15.8. The van der Waals surface area contributed by atoms with Gasteiger partial charge in [-0.2, -0.15) is 4.98 Å². The summed E-state index contributed by atoms with van der Waals surface area (Å²) in [5, 5.41) is 14.0. The van der Waals surface area contributed by atoms with E-state index in [0.29, 0.717) is 40.9 Å². The lowest BCUT2D eigenvalue weighted by Crippen LogP contribution is -2.45. The number of nitrogens with one attached hydrogen (secondary N) is 1. The van der Waals surface area contributed by atoms with E-state index in [0.717, 1.165) is 49.4 Å². The molecule has 48 heavy (non-hydrogen) atoms. The number of benzene rings is 3. The second-order valence-corrected chi connectivity index (χ2v) is 11.7. The zero-order chi connectivity index (χ0) is 34.2. The summed E-state index contributed by atoms with van der Waals surface area (Å²) in [6, 6.07) is 17.5. The van der Waals surface area contributed by atoms with Crippen LogP contribution in [0.15, 0.2) is 66.9 Å². The lowest BCUT2D eigenvalue weighted by atomic mass is 9.89. The van der Waals surface area contributed by atoms with E-state index in [1.165, 1.54) is 11.1 Å². The molecule has 2 N–H and O–H groups in total. The first-order valence-corrected chi connectivity index (χ1v) is 15.8. The van der Waals surface area contributed by atoms with Gasteiger partial charge in [0, 0.05) is 56.2 Å². The van der Waals surface area contributed by atoms with Gasteiger partial charge in [0.15, 0.2) is 11.5 Å². The van der Waals surface area contributed by atoms with Gasteiger partial charge in [-0.05, 0) is 74.0 Å². The van der Waals surface area contributed by atoms with Crippen LogP contribution in [0.2, 0.25) is 0 Å². The van der Waals surface area contributed by atoms with Crippen molar-refractivity contribution in [1.82, 2.24) is 19.8 Å². The number of carboxylic acid groups (broad SMARTS) is 1. The fourth-order valence-electron chi connectivity index (χ4n) is 5.97. The lowest BCUT2D eigenvalue weighted by molar-refractivity contribution is 0.133. The molecule has 1 atom stereocenters. The minimum absolute atomic E-state index is 0.174. The Hall–Kier alpha value is -5.07. The molecule has 1 aromatic heterocycles. The highest BCUT2D eigenvalue weighted by Gasteiger charge is 2.34. The van der Waals surface area contributed by atoms with Crippen molar-refractivity contribution in [3.8, 4) is 23.0 Å². The SMILES string of the molecule is COc1ccc(OC)c(C(c2c(C)cccc2C)N(C(=O)O)c2ccnc(Nc3ccc(OCCN4CCN(C)CC4)c(OC)c3)n2)c1. The number of piperazine rings is 1. The van der Waals surface area contributed by atoms with Crippen molar-refractivity contribution in [2.45, 2.75) is 19.9 Å². The van der Waals surface area contributed by atoms with Gasteiger partial charge in [-0.25, -0.2) is 14.7 Å². The minimum atomic E-state index is -1.20. The molecule has 0 bridgehead atoms. The monoisotopic (exact) mass is 656 g/mol. The van der Waals surface area contributed by atoms with Gasteiger partial charge in [0.2, 0.25) is 5.95 Å². The van der Waals surface area contributed by atoms with Gasteiger partial charge in [-0.1, -0.05) is 18.2 Å². The third-order valence-electron chi connectivity index (χ3n) is 8.58. The topological polar surface area (TPSA) is 122 Å². The Morgan fingerprint density at radius 2 is 1.62 bits per heavy atom. The van der Waals surface area contributed by atoms with Crippen LogP contribution in [0.25, 0.3) is 0 Å². The molecule has 0 spiro atoms. The molecule has 2 heterocycles. The summed E-state index contributed by atoms with van der Waals surface area (Å²) in [5.41, 5.74) is 3.91. The summed E-state index contributed by atoms with van der Waals surface area (Å²) < 4.78 is 23.0. The van der Waals surface area contributed by atoms with E-state index < -0.39 is 12.1 Å². The summed E-state index contributed by atoms with van der Waals surface area (Å²) in [5.74, 6) is 2.66. The van der Waals surface area contributed by atoms with Gasteiger partial charge in [-0.15, -0.1) is 0 Å². The Morgan fingerprint density at radius 3 is 2.29 bits per heavy atom. The molecular weight excluding hydrogens is 612 g/mol. The fourth-order valence-corrected chi connectivity index (χ4v) is 5.97. The molecule has 12 nitrogen and oxygen atoms in total. The molecule has 1 aliphatic heterocycles. The number of aromatic nitrogens is 2. The Balaban J connectivity index is 1.44. The summed E-state index contributed by atoms with van der Waals surface area (Å²) >= 11 is 0. The van der Waals surface area contributed by atoms with Crippen LogP contribution >= 0.6 is 0 Å². The highest BCUT2D eigenvalue weighted by atomic mass is 16.5. The van der Waals surface area contributed by atoms with Crippen molar-refractivity contribution in [3.63, 3.8) is 0 Å². The first kappa shape index (κ1) is 34.3. The molecule has 0 radical (unpaired) electrons. The molecule has 0 saturated carbocycles. The molecule has 12 heteroatoms. The maximum Gasteiger partial charge on any atom is 0.413 e. The average molecular weight is 657 g/mol. The van der Waals surface area contributed by atoms with Gasteiger partial charge in [0.1, 0.15) is 23.9 Å². The number of hydrogen-bond acceptors (Lipinski definition) is 10. The van der Waals surface area contributed by atoms with Crippen molar-refractivity contribution in [2.24, 2.45) is 0 Å². The molecule has 1 aliphatic rings. The zero-order valence-corrected chi connectivity index (χ0v) is 28.4. The molecular formula is C36H44N6O6. The number of rotatable bonds is 13. The fraction of sp³-hybridized carbons (Fsp3) is 0.361. The summed E-state index contributed by atoms with van der Waals surface area (Å²) in [7, 11) is 6.86. The first-order chi connectivity index (χ1) is 23.2. The van der Waals surface area contributed by atoms with Crippen LogP contribution in [-0.2, 0) is 0 Å². The van der Waals surface area contributed by atoms with Crippen LogP contribution in [0, 0.1) is 13.8 Å². The van der Waals surface area contributed by atoms with Gasteiger partial charge >= 0.3 is 6.09 Å². The van der Waals surface area contributed by atoms with E-state index in [9.17, 15) is 9.90 Å². The Kier molecular flexibility index (Phi) is 11.2. The lowest BCUT2D eigenvalue weighted by Gasteiger charge is -2.32. The summed E-state index contributed by atoms with van der Waals surface area (Å²) in [4.78, 5) is 28.2. The number of nitrogens with zero attached hydrogens (tertiary/aromatic N) is 5. The molecule has 1 amide bonds. The second kappa shape index (κ2) is 15.7. The molecule has 0 aliphatic carbocycles. The normalized spacial score (nSPS) is 14.2. The Labute approximate surface area is 281 Å². The third kappa shape index (κ3) is 7.89. The van der Waals surface area contributed by atoms with Crippen molar-refractivity contribution in [2.75, 3.05) is 77.9 Å². The molecule has 1 fully saturated rings. The minimum Gasteiger partial charge on any atom is -0.497 e. The van der Waals surface area contributed by atoms with Crippen molar-refractivity contribution >= 4 is 23.5 Å². The number of carbonyl (C=O) groups is 1. The molecule has 3 aromatic carbocycles. The maximum atomic E-state index is 13.2. The van der Waals surface area contributed by atoms with Crippen molar-refractivity contribution in [1.29, 1.82) is 0 Å². The van der Waals surface area contributed by atoms with E-state index in [-0.39, 0.29) is 11.8 Å². The van der Waals surface area contributed by atoms with Crippen LogP contribution in [-0.4, -0.2) is 98.7 Å². The number of methoxy groups -OCH3 is 3. The van der Waals surface area contributed by atoms with Crippen molar-refractivity contribution in [3.05, 3.63) is 89.1 Å². The van der Waals surface area contributed by atoms with E-state index >= 15 is 0 Å².